The lowest BCUT2D eigenvalue weighted by Gasteiger charge is -2.31. The van der Waals surface area contributed by atoms with E-state index in [1.54, 1.807) is 17.0 Å². The van der Waals surface area contributed by atoms with E-state index in [-0.39, 0.29) is 42.0 Å². The van der Waals surface area contributed by atoms with Crippen molar-refractivity contribution in [2.45, 2.75) is 56.9 Å². The monoisotopic (exact) mass is 487 g/mol. The van der Waals surface area contributed by atoms with Crippen LogP contribution in [0.5, 0.6) is 0 Å². The molecule has 33 heavy (non-hydrogen) atoms. The number of amides is 3. The molecule has 0 radical (unpaired) electrons. The number of benzene rings is 1. The number of carbonyl (C=O) groups excluding carboxylic acids is 3. The molecule has 2 aliphatic heterocycles. The lowest BCUT2D eigenvalue weighted by atomic mass is 9.94. The van der Waals surface area contributed by atoms with Crippen molar-refractivity contribution in [1.82, 2.24) is 15.1 Å². The highest BCUT2D eigenvalue weighted by Crippen LogP contribution is 2.35. The molecule has 2 unspecified atom stereocenters. The second-order valence-electron chi connectivity index (χ2n) is 9.06. The second-order valence-corrected chi connectivity index (χ2v) is 10.5. The van der Waals surface area contributed by atoms with Crippen molar-refractivity contribution >= 4 is 51.5 Å². The lowest BCUT2D eigenvalue weighted by Crippen LogP contribution is -2.38. The zero-order valence-electron chi connectivity index (χ0n) is 18.2. The molecule has 174 valence electrons. The summed E-state index contributed by atoms with van der Waals surface area (Å²) < 4.78 is 0. The number of hydrogen-bond acceptors (Lipinski definition) is 6. The number of anilines is 2. The number of halogens is 1. The molecule has 3 aliphatic rings. The zero-order valence-corrected chi connectivity index (χ0v) is 19.8. The van der Waals surface area contributed by atoms with Crippen LogP contribution in [0.15, 0.2) is 24.3 Å². The van der Waals surface area contributed by atoms with Gasteiger partial charge in [0.15, 0.2) is 0 Å². The minimum Gasteiger partial charge on any atom is -0.339 e. The fourth-order valence-corrected chi connectivity index (χ4v) is 6.02. The van der Waals surface area contributed by atoms with Gasteiger partial charge in [0.1, 0.15) is 5.01 Å². The van der Waals surface area contributed by atoms with Crippen LogP contribution in [0, 0.1) is 5.92 Å². The lowest BCUT2D eigenvalue weighted by molar-refractivity contribution is -0.130. The van der Waals surface area contributed by atoms with E-state index in [9.17, 15) is 14.4 Å². The Labute approximate surface area is 201 Å². The van der Waals surface area contributed by atoms with Crippen LogP contribution in [0.4, 0.5) is 10.8 Å². The molecule has 2 atom stereocenters. The van der Waals surface area contributed by atoms with Crippen molar-refractivity contribution in [2.75, 3.05) is 23.3 Å². The van der Waals surface area contributed by atoms with Gasteiger partial charge in [-0.1, -0.05) is 42.2 Å². The molecule has 5 rings (SSSR count). The number of carbonyl (C=O) groups is 3. The minimum atomic E-state index is -0.361. The van der Waals surface area contributed by atoms with Crippen LogP contribution < -0.4 is 10.2 Å². The van der Waals surface area contributed by atoms with Crippen molar-refractivity contribution in [3.63, 3.8) is 0 Å². The molecule has 0 spiro atoms. The molecule has 2 aromatic rings. The average Bonchev–Trinajstić information content (AvgIpc) is 3.53. The number of nitrogens with one attached hydrogen (secondary N) is 1. The van der Waals surface area contributed by atoms with Crippen molar-refractivity contribution in [3.05, 3.63) is 34.3 Å². The Morgan fingerprint density at radius 2 is 1.76 bits per heavy atom. The molecule has 2 saturated heterocycles. The Balaban J connectivity index is 1.19. The van der Waals surface area contributed by atoms with Gasteiger partial charge in [0.05, 0.1) is 5.92 Å². The summed E-state index contributed by atoms with van der Waals surface area (Å²) in [7, 11) is 0. The predicted octanol–water partition coefficient (Wildman–Crippen LogP) is 3.83. The predicted molar refractivity (Wildman–Crippen MR) is 126 cm³/mol. The van der Waals surface area contributed by atoms with E-state index in [2.05, 4.69) is 15.5 Å². The maximum absolute atomic E-state index is 12.8. The van der Waals surface area contributed by atoms with Gasteiger partial charge in [0, 0.05) is 48.6 Å². The van der Waals surface area contributed by atoms with E-state index in [0.717, 1.165) is 36.4 Å². The van der Waals surface area contributed by atoms with Gasteiger partial charge in [0.2, 0.25) is 22.9 Å². The van der Waals surface area contributed by atoms with E-state index in [0.29, 0.717) is 29.7 Å². The Bertz CT molecular complexity index is 1050. The topological polar surface area (TPSA) is 95.5 Å². The highest BCUT2D eigenvalue weighted by atomic mass is 35.5. The fraction of sp³-hybridized carbons (Fsp3) is 0.522. The molecule has 8 nitrogen and oxygen atoms in total. The van der Waals surface area contributed by atoms with Gasteiger partial charge in [-0.25, -0.2) is 0 Å². The van der Waals surface area contributed by atoms with Crippen LogP contribution in [0.2, 0.25) is 5.02 Å². The van der Waals surface area contributed by atoms with Crippen molar-refractivity contribution in [3.8, 4) is 0 Å². The fourth-order valence-electron chi connectivity index (χ4n) is 5.05. The summed E-state index contributed by atoms with van der Waals surface area (Å²) in [6.45, 7) is 0.991. The van der Waals surface area contributed by atoms with Crippen LogP contribution in [-0.2, 0) is 14.4 Å². The van der Waals surface area contributed by atoms with Gasteiger partial charge >= 0.3 is 0 Å². The first-order valence-corrected chi connectivity index (χ1v) is 12.7. The van der Waals surface area contributed by atoms with Crippen LogP contribution in [0.25, 0.3) is 0 Å². The van der Waals surface area contributed by atoms with Crippen LogP contribution in [0.1, 0.15) is 55.9 Å². The maximum atomic E-state index is 12.8. The third-order valence-electron chi connectivity index (χ3n) is 6.83. The SMILES string of the molecule is O=C(Nc1nnc(C2CC(=O)N(c3ccc(Cl)cc3)C2)s1)C1CC(=O)N(C2CCCCC2)C1. The van der Waals surface area contributed by atoms with E-state index in [4.69, 9.17) is 11.6 Å². The average molecular weight is 488 g/mol. The number of hydrogen-bond donors (Lipinski definition) is 1. The smallest absolute Gasteiger partial charge is 0.231 e. The third-order valence-corrected chi connectivity index (χ3v) is 8.08. The Kier molecular flexibility index (Phi) is 6.34. The summed E-state index contributed by atoms with van der Waals surface area (Å²) in [5.41, 5.74) is 0.804. The van der Waals surface area contributed by atoms with E-state index >= 15 is 0 Å². The summed E-state index contributed by atoms with van der Waals surface area (Å²) >= 11 is 7.25. The van der Waals surface area contributed by atoms with Crippen molar-refractivity contribution in [2.24, 2.45) is 5.92 Å². The summed E-state index contributed by atoms with van der Waals surface area (Å²) in [6.07, 6.45) is 6.20. The molecule has 1 aromatic carbocycles. The molecule has 0 bridgehead atoms. The normalized spacial score (nSPS) is 24.0. The minimum absolute atomic E-state index is 0.0235. The number of aromatic nitrogens is 2. The standard InChI is InChI=1S/C23H26ClN5O3S/c24-16-6-8-18(9-7-16)29-13-15(11-20(29)31)22-26-27-23(33-22)25-21(32)14-10-19(30)28(12-14)17-4-2-1-3-5-17/h6-9,14-15,17H,1-5,10-13H2,(H,25,27,32). The van der Waals surface area contributed by atoms with Crippen molar-refractivity contribution in [1.29, 1.82) is 0 Å². The number of rotatable bonds is 5. The van der Waals surface area contributed by atoms with E-state index < -0.39 is 0 Å². The quantitative estimate of drug-likeness (QED) is 0.691. The Morgan fingerprint density at radius 1 is 1.00 bits per heavy atom. The molecule has 10 heteroatoms. The molecular weight excluding hydrogens is 462 g/mol. The largest absolute Gasteiger partial charge is 0.339 e. The highest BCUT2D eigenvalue weighted by Gasteiger charge is 2.39. The van der Waals surface area contributed by atoms with Crippen LogP contribution in [-0.4, -0.2) is 52.0 Å². The van der Waals surface area contributed by atoms with Crippen LogP contribution >= 0.6 is 22.9 Å². The third kappa shape index (κ3) is 4.75. The first-order chi connectivity index (χ1) is 16.0. The van der Waals surface area contributed by atoms with Crippen LogP contribution in [0.3, 0.4) is 0 Å². The van der Waals surface area contributed by atoms with E-state index in [1.807, 2.05) is 17.0 Å². The number of likely N-dealkylation sites (tertiary alicyclic amines) is 1. The Morgan fingerprint density at radius 3 is 2.52 bits per heavy atom. The molecule has 1 aliphatic carbocycles. The molecule has 1 N–H and O–H groups in total. The first-order valence-electron chi connectivity index (χ1n) is 11.5. The second kappa shape index (κ2) is 9.38. The molecular formula is C23H26ClN5O3S. The molecule has 3 amide bonds. The van der Waals surface area contributed by atoms with Gasteiger partial charge in [-0.15, -0.1) is 10.2 Å². The van der Waals surface area contributed by atoms with Gasteiger partial charge < -0.3 is 15.1 Å². The maximum Gasteiger partial charge on any atom is 0.231 e. The zero-order chi connectivity index (χ0) is 22.9. The Hall–Kier alpha value is -2.52. The summed E-state index contributed by atoms with van der Waals surface area (Å²) in [5, 5.41) is 13.0. The molecule has 3 heterocycles. The first kappa shape index (κ1) is 22.3. The summed E-state index contributed by atoms with van der Waals surface area (Å²) in [4.78, 5) is 41.5. The molecule has 3 fully saturated rings. The molecule has 1 saturated carbocycles. The van der Waals surface area contributed by atoms with E-state index in [1.165, 1.54) is 17.8 Å². The number of nitrogens with zero attached hydrogens (tertiary/aromatic N) is 4. The van der Waals surface area contributed by atoms with Gasteiger partial charge in [0.25, 0.3) is 0 Å². The highest BCUT2D eigenvalue weighted by molar-refractivity contribution is 7.15. The van der Waals surface area contributed by atoms with Gasteiger partial charge in [-0.2, -0.15) is 0 Å². The summed E-state index contributed by atoms with van der Waals surface area (Å²) in [6, 6.07) is 7.46. The van der Waals surface area contributed by atoms with Gasteiger partial charge in [-0.05, 0) is 37.1 Å². The molecule has 1 aromatic heterocycles. The van der Waals surface area contributed by atoms with Gasteiger partial charge in [-0.3, -0.25) is 14.4 Å². The van der Waals surface area contributed by atoms with Crippen molar-refractivity contribution < 1.29 is 14.4 Å². The summed E-state index contributed by atoms with van der Waals surface area (Å²) in [5.74, 6) is -0.525.